The van der Waals surface area contributed by atoms with Gasteiger partial charge in [0.15, 0.2) is 0 Å². The van der Waals surface area contributed by atoms with Gasteiger partial charge in [0, 0.05) is 22.5 Å². The smallest absolute Gasteiger partial charge is 0.380 e. The highest BCUT2D eigenvalue weighted by Gasteiger charge is 2.30. The molecule has 1 N–H and O–H groups in total. The molecule has 0 amide bonds. The number of benzene rings is 1. The maximum atomic E-state index is 12.5. The van der Waals surface area contributed by atoms with Crippen molar-refractivity contribution in [1.29, 1.82) is 5.26 Å². The van der Waals surface area contributed by atoms with Gasteiger partial charge in [-0.1, -0.05) is 6.07 Å². The summed E-state index contributed by atoms with van der Waals surface area (Å²) < 4.78 is 37.6. The molecule has 0 aliphatic heterocycles. The van der Waals surface area contributed by atoms with Gasteiger partial charge in [-0.3, -0.25) is 0 Å². The molecule has 0 aliphatic carbocycles. The number of anilines is 1. The van der Waals surface area contributed by atoms with Crippen LogP contribution in [-0.2, 0) is 12.7 Å². The van der Waals surface area contributed by atoms with Crippen LogP contribution in [0.4, 0.5) is 18.9 Å². The first kappa shape index (κ1) is 13.4. The Hall–Kier alpha value is -2.00. The fourth-order valence-electron chi connectivity index (χ4n) is 1.53. The predicted molar refractivity (Wildman–Crippen MR) is 67.8 cm³/mol. The van der Waals surface area contributed by atoms with Crippen LogP contribution in [0.5, 0.6) is 0 Å². The molecule has 2 aromatic rings. The molecule has 2 nitrogen and oxygen atoms in total. The minimum Gasteiger partial charge on any atom is -0.380 e. The third-order valence-electron chi connectivity index (χ3n) is 2.44. The van der Waals surface area contributed by atoms with Gasteiger partial charge in [0.25, 0.3) is 0 Å². The maximum absolute atomic E-state index is 12.5. The lowest BCUT2D eigenvalue weighted by molar-refractivity contribution is -0.137. The molecule has 0 saturated heterocycles. The average Bonchev–Trinajstić information content (AvgIpc) is 2.84. The largest absolute Gasteiger partial charge is 0.416 e. The Balaban J connectivity index is 2.06. The van der Waals surface area contributed by atoms with Crippen LogP contribution in [-0.4, -0.2) is 0 Å². The summed E-state index contributed by atoms with van der Waals surface area (Å²) in [5.41, 5.74) is 0.286. The van der Waals surface area contributed by atoms with E-state index in [2.05, 4.69) is 5.32 Å². The molecule has 1 aromatic heterocycles. The summed E-state index contributed by atoms with van der Waals surface area (Å²) in [4.78, 5) is 0.897. The van der Waals surface area contributed by atoms with Crippen LogP contribution in [0.15, 0.2) is 35.7 Å². The number of rotatable bonds is 3. The van der Waals surface area contributed by atoms with E-state index >= 15 is 0 Å². The lowest BCUT2D eigenvalue weighted by Crippen LogP contribution is -2.06. The second-order valence-electron chi connectivity index (χ2n) is 3.85. The monoisotopic (exact) mass is 282 g/mol. The summed E-state index contributed by atoms with van der Waals surface area (Å²) in [6, 6.07) is 8.76. The number of nitrogens with one attached hydrogen (secondary N) is 1. The third kappa shape index (κ3) is 3.48. The van der Waals surface area contributed by atoms with Crippen molar-refractivity contribution < 1.29 is 13.2 Å². The first-order valence-electron chi connectivity index (χ1n) is 5.37. The van der Waals surface area contributed by atoms with Gasteiger partial charge in [-0.15, -0.1) is 11.3 Å². The first-order chi connectivity index (χ1) is 8.99. The molecule has 1 aromatic carbocycles. The average molecular weight is 282 g/mol. The normalized spacial score (nSPS) is 11.1. The topological polar surface area (TPSA) is 35.8 Å². The molecular formula is C13H9F3N2S. The molecule has 0 spiro atoms. The van der Waals surface area contributed by atoms with Gasteiger partial charge < -0.3 is 5.32 Å². The number of hydrogen-bond donors (Lipinski definition) is 1. The van der Waals surface area contributed by atoms with Crippen LogP contribution in [0, 0.1) is 11.3 Å². The maximum Gasteiger partial charge on any atom is 0.416 e. The van der Waals surface area contributed by atoms with Crippen LogP contribution >= 0.6 is 11.3 Å². The standard InChI is InChI=1S/C13H9F3N2S/c14-13(15,16)10-2-1-3-11(5-10)18-7-12-4-9(6-17)8-19-12/h1-5,8,18H,7H2. The van der Waals surface area contributed by atoms with E-state index in [1.54, 1.807) is 17.5 Å². The van der Waals surface area contributed by atoms with E-state index in [1.807, 2.05) is 6.07 Å². The number of nitrogens with zero attached hydrogens (tertiary/aromatic N) is 1. The molecule has 2 rings (SSSR count). The minimum absolute atomic E-state index is 0.396. The Labute approximate surface area is 112 Å². The van der Waals surface area contributed by atoms with Crippen molar-refractivity contribution in [3.8, 4) is 6.07 Å². The zero-order chi connectivity index (χ0) is 13.9. The summed E-state index contributed by atoms with van der Waals surface area (Å²) in [5, 5.41) is 13.3. The third-order valence-corrected chi connectivity index (χ3v) is 3.38. The van der Waals surface area contributed by atoms with Crippen LogP contribution in [0.3, 0.4) is 0 Å². The van der Waals surface area contributed by atoms with E-state index in [9.17, 15) is 13.2 Å². The fourth-order valence-corrected chi connectivity index (χ4v) is 2.28. The number of nitriles is 1. The van der Waals surface area contributed by atoms with Crippen molar-refractivity contribution >= 4 is 17.0 Å². The second kappa shape index (κ2) is 5.33. The first-order valence-corrected chi connectivity index (χ1v) is 6.25. The van der Waals surface area contributed by atoms with E-state index in [0.29, 0.717) is 17.8 Å². The highest BCUT2D eigenvalue weighted by atomic mass is 32.1. The summed E-state index contributed by atoms with van der Waals surface area (Å²) >= 11 is 1.40. The molecule has 1 heterocycles. The minimum atomic E-state index is -4.34. The Kier molecular flexibility index (Phi) is 3.76. The fraction of sp³-hybridized carbons (Fsp3) is 0.154. The molecule has 19 heavy (non-hydrogen) atoms. The molecule has 0 atom stereocenters. The summed E-state index contributed by atoms with van der Waals surface area (Å²) in [6.45, 7) is 0.396. The van der Waals surface area contributed by atoms with Crippen molar-refractivity contribution in [1.82, 2.24) is 0 Å². The van der Waals surface area contributed by atoms with Crippen LogP contribution in [0.25, 0.3) is 0 Å². The number of thiophene rings is 1. The Morgan fingerprint density at radius 3 is 2.68 bits per heavy atom. The molecule has 0 aliphatic rings. The van der Waals surface area contributed by atoms with E-state index < -0.39 is 11.7 Å². The van der Waals surface area contributed by atoms with Gasteiger partial charge in [0.2, 0.25) is 0 Å². The van der Waals surface area contributed by atoms with Crippen LogP contribution in [0.2, 0.25) is 0 Å². The van der Waals surface area contributed by atoms with E-state index in [0.717, 1.165) is 17.0 Å². The predicted octanol–water partition coefficient (Wildman–Crippen LogP) is 4.25. The highest BCUT2D eigenvalue weighted by Crippen LogP contribution is 2.30. The highest BCUT2D eigenvalue weighted by molar-refractivity contribution is 7.10. The van der Waals surface area contributed by atoms with Crippen molar-refractivity contribution in [3.63, 3.8) is 0 Å². The number of hydrogen-bond acceptors (Lipinski definition) is 3. The molecular weight excluding hydrogens is 273 g/mol. The summed E-state index contributed by atoms with van der Waals surface area (Å²) in [5.74, 6) is 0. The Morgan fingerprint density at radius 1 is 1.26 bits per heavy atom. The van der Waals surface area contributed by atoms with E-state index in [1.165, 1.54) is 17.4 Å². The van der Waals surface area contributed by atoms with Crippen molar-refractivity contribution in [3.05, 3.63) is 51.7 Å². The van der Waals surface area contributed by atoms with Crippen LogP contribution < -0.4 is 5.32 Å². The molecule has 0 bridgehead atoms. The second-order valence-corrected chi connectivity index (χ2v) is 4.84. The number of halogens is 3. The van der Waals surface area contributed by atoms with Crippen molar-refractivity contribution in [2.24, 2.45) is 0 Å². The lowest BCUT2D eigenvalue weighted by atomic mass is 10.2. The summed E-state index contributed by atoms with van der Waals surface area (Å²) in [7, 11) is 0. The molecule has 0 saturated carbocycles. The molecule has 0 radical (unpaired) electrons. The van der Waals surface area contributed by atoms with Gasteiger partial charge in [0.05, 0.1) is 11.1 Å². The lowest BCUT2D eigenvalue weighted by Gasteiger charge is -2.09. The van der Waals surface area contributed by atoms with Gasteiger partial charge >= 0.3 is 6.18 Å². The number of alkyl halides is 3. The zero-order valence-electron chi connectivity index (χ0n) is 9.66. The van der Waals surface area contributed by atoms with E-state index in [-0.39, 0.29) is 0 Å². The van der Waals surface area contributed by atoms with Crippen molar-refractivity contribution in [2.75, 3.05) is 5.32 Å². The van der Waals surface area contributed by atoms with E-state index in [4.69, 9.17) is 5.26 Å². The SMILES string of the molecule is N#Cc1csc(CNc2cccc(C(F)(F)F)c2)c1. The van der Waals surface area contributed by atoms with Gasteiger partial charge in [-0.25, -0.2) is 0 Å². The van der Waals surface area contributed by atoms with Gasteiger partial charge in [-0.05, 0) is 24.3 Å². The molecule has 0 unspecified atom stereocenters. The Bertz CT molecular complexity index is 611. The van der Waals surface area contributed by atoms with Gasteiger partial charge in [-0.2, -0.15) is 18.4 Å². The van der Waals surface area contributed by atoms with Crippen molar-refractivity contribution in [2.45, 2.75) is 12.7 Å². The zero-order valence-corrected chi connectivity index (χ0v) is 10.5. The van der Waals surface area contributed by atoms with Crippen LogP contribution in [0.1, 0.15) is 16.0 Å². The molecule has 6 heteroatoms. The molecule has 0 fully saturated rings. The summed E-state index contributed by atoms with van der Waals surface area (Å²) in [6.07, 6.45) is -4.34. The quantitative estimate of drug-likeness (QED) is 0.913. The molecule has 98 valence electrons. The van der Waals surface area contributed by atoms with Gasteiger partial charge in [0.1, 0.15) is 6.07 Å². The Morgan fingerprint density at radius 2 is 2.05 bits per heavy atom.